The second-order valence-corrected chi connectivity index (χ2v) is 8.36. The van der Waals surface area contributed by atoms with Crippen LogP contribution in [-0.4, -0.2) is 34.6 Å². The summed E-state index contributed by atoms with van der Waals surface area (Å²) in [6.45, 7) is 2.95. The van der Waals surface area contributed by atoms with Gasteiger partial charge >= 0.3 is 0 Å². The Hall–Kier alpha value is -3.89. The normalized spacial score (nSPS) is 14.6. The van der Waals surface area contributed by atoms with Crippen LogP contribution in [0.1, 0.15) is 17.5 Å². The van der Waals surface area contributed by atoms with Gasteiger partial charge in [0.25, 0.3) is 5.56 Å². The van der Waals surface area contributed by atoms with E-state index in [-0.39, 0.29) is 11.3 Å². The molecule has 33 heavy (non-hydrogen) atoms. The summed E-state index contributed by atoms with van der Waals surface area (Å²) >= 11 is 0. The minimum Gasteiger partial charge on any atom is -0.507 e. The van der Waals surface area contributed by atoms with Crippen LogP contribution < -0.4 is 5.56 Å². The number of H-pyrrole nitrogens is 1. The van der Waals surface area contributed by atoms with Crippen molar-refractivity contribution in [3.05, 3.63) is 113 Å². The van der Waals surface area contributed by atoms with Gasteiger partial charge in [0.15, 0.2) is 0 Å². The zero-order valence-corrected chi connectivity index (χ0v) is 18.4. The van der Waals surface area contributed by atoms with E-state index in [1.165, 1.54) is 11.1 Å². The molecular formula is C29H26N2O2. The summed E-state index contributed by atoms with van der Waals surface area (Å²) in [7, 11) is 0. The predicted molar refractivity (Wildman–Crippen MR) is 136 cm³/mol. The smallest absolute Gasteiger partial charge is 0.255 e. The molecule has 0 saturated carbocycles. The van der Waals surface area contributed by atoms with Gasteiger partial charge in [0.1, 0.15) is 5.75 Å². The summed E-state index contributed by atoms with van der Waals surface area (Å²) in [6, 6.07) is 23.8. The maximum atomic E-state index is 12.1. The van der Waals surface area contributed by atoms with Crippen LogP contribution in [0.25, 0.3) is 33.5 Å². The lowest BCUT2D eigenvalue weighted by molar-refractivity contribution is 0.335. The SMILES string of the molecule is O=c1[nH]cc(-c2ccc(C=CCN3CC=C(c4ccccc4)CC3)cc2)c2c(O)cccc12. The predicted octanol–water partition coefficient (Wildman–Crippen LogP) is 5.70. The molecule has 0 bridgehead atoms. The molecule has 0 radical (unpaired) electrons. The zero-order valence-electron chi connectivity index (χ0n) is 18.4. The Morgan fingerprint density at radius 2 is 1.76 bits per heavy atom. The van der Waals surface area contributed by atoms with Gasteiger partial charge in [-0.3, -0.25) is 9.69 Å². The number of pyridine rings is 1. The minimum absolute atomic E-state index is 0.114. The third kappa shape index (κ3) is 4.52. The molecule has 164 valence electrons. The molecule has 2 heterocycles. The maximum absolute atomic E-state index is 12.1. The Balaban J connectivity index is 1.26. The molecule has 0 atom stereocenters. The van der Waals surface area contributed by atoms with Gasteiger partial charge in [0.2, 0.25) is 0 Å². The van der Waals surface area contributed by atoms with Crippen LogP contribution in [-0.2, 0) is 0 Å². The van der Waals surface area contributed by atoms with Crippen molar-refractivity contribution < 1.29 is 5.11 Å². The topological polar surface area (TPSA) is 56.3 Å². The van der Waals surface area contributed by atoms with E-state index < -0.39 is 0 Å². The molecule has 4 aromatic rings. The molecule has 1 aliphatic heterocycles. The van der Waals surface area contributed by atoms with Crippen molar-refractivity contribution in [1.82, 2.24) is 9.88 Å². The molecule has 1 aromatic heterocycles. The van der Waals surface area contributed by atoms with Crippen molar-refractivity contribution in [3.63, 3.8) is 0 Å². The van der Waals surface area contributed by atoms with Crippen molar-refractivity contribution in [3.8, 4) is 16.9 Å². The van der Waals surface area contributed by atoms with Gasteiger partial charge in [-0.05, 0) is 40.8 Å². The van der Waals surface area contributed by atoms with E-state index in [1.807, 2.05) is 12.1 Å². The minimum atomic E-state index is -0.201. The molecule has 0 spiro atoms. The molecule has 0 amide bonds. The van der Waals surface area contributed by atoms with Gasteiger partial charge in [-0.25, -0.2) is 0 Å². The number of nitrogens with one attached hydrogen (secondary N) is 1. The lowest BCUT2D eigenvalue weighted by Gasteiger charge is -2.25. The second kappa shape index (κ2) is 9.31. The van der Waals surface area contributed by atoms with Crippen molar-refractivity contribution in [2.24, 2.45) is 0 Å². The van der Waals surface area contributed by atoms with E-state index in [0.29, 0.717) is 10.8 Å². The zero-order chi connectivity index (χ0) is 22.6. The molecule has 4 heteroatoms. The third-order valence-electron chi connectivity index (χ3n) is 6.24. The fourth-order valence-corrected chi connectivity index (χ4v) is 4.43. The van der Waals surface area contributed by atoms with E-state index >= 15 is 0 Å². The van der Waals surface area contributed by atoms with Gasteiger partial charge in [0, 0.05) is 36.8 Å². The second-order valence-electron chi connectivity index (χ2n) is 8.36. The molecular weight excluding hydrogens is 408 g/mol. The summed E-state index contributed by atoms with van der Waals surface area (Å²) in [5, 5.41) is 11.4. The van der Waals surface area contributed by atoms with Crippen molar-refractivity contribution >= 4 is 22.4 Å². The highest BCUT2D eigenvalue weighted by Gasteiger charge is 2.12. The average molecular weight is 435 g/mol. The van der Waals surface area contributed by atoms with Crippen LogP contribution in [0.2, 0.25) is 0 Å². The van der Waals surface area contributed by atoms with Crippen molar-refractivity contribution in [2.45, 2.75) is 6.42 Å². The molecule has 3 aromatic carbocycles. The number of phenols is 1. The van der Waals surface area contributed by atoms with Crippen LogP contribution in [0.5, 0.6) is 5.75 Å². The van der Waals surface area contributed by atoms with Crippen LogP contribution in [0.3, 0.4) is 0 Å². The number of hydrogen-bond donors (Lipinski definition) is 2. The molecule has 2 N–H and O–H groups in total. The highest BCUT2D eigenvalue weighted by molar-refractivity contribution is 5.99. The standard InChI is InChI=1S/C29H26N2O2/c32-27-10-4-9-25-28(27)26(20-30-29(25)33)24-13-11-21(12-14-24)6-5-17-31-18-15-23(16-19-31)22-7-2-1-3-8-22/h1-15,20,32H,16-19H2,(H,30,33). The van der Waals surface area contributed by atoms with Gasteiger partial charge < -0.3 is 10.1 Å². The molecule has 0 aliphatic carbocycles. The number of aromatic nitrogens is 1. The van der Waals surface area contributed by atoms with Crippen molar-refractivity contribution in [2.75, 3.05) is 19.6 Å². The first-order valence-electron chi connectivity index (χ1n) is 11.3. The Kier molecular flexibility index (Phi) is 5.92. The van der Waals surface area contributed by atoms with E-state index in [4.69, 9.17) is 0 Å². The number of fused-ring (bicyclic) bond motifs is 1. The number of aromatic amines is 1. The molecule has 0 unspecified atom stereocenters. The van der Waals surface area contributed by atoms with Gasteiger partial charge in [-0.1, -0.05) is 78.9 Å². The van der Waals surface area contributed by atoms with E-state index in [0.717, 1.165) is 42.7 Å². The quantitative estimate of drug-likeness (QED) is 0.423. The molecule has 5 rings (SSSR count). The summed E-state index contributed by atoms with van der Waals surface area (Å²) in [5.74, 6) is 0.114. The number of nitrogens with zero attached hydrogens (tertiary/aromatic N) is 1. The molecule has 1 aliphatic rings. The van der Waals surface area contributed by atoms with Gasteiger partial charge in [-0.2, -0.15) is 0 Å². The fraction of sp³-hybridized carbons (Fsp3) is 0.138. The largest absolute Gasteiger partial charge is 0.507 e. The fourth-order valence-electron chi connectivity index (χ4n) is 4.43. The molecule has 4 nitrogen and oxygen atoms in total. The first-order valence-corrected chi connectivity index (χ1v) is 11.3. The molecule has 0 fully saturated rings. The first kappa shape index (κ1) is 21.0. The Labute approximate surface area is 193 Å². The number of phenolic OH excluding ortho intramolecular Hbond substituents is 1. The van der Waals surface area contributed by atoms with Crippen LogP contribution >= 0.6 is 0 Å². The number of hydrogen-bond acceptors (Lipinski definition) is 3. The average Bonchev–Trinajstić information content (AvgIpc) is 2.86. The Bertz CT molecular complexity index is 1380. The van der Waals surface area contributed by atoms with E-state index in [9.17, 15) is 9.90 Å². The highest BCUT2D eigenvalue weighted by atomic mass is 16.3. The highest BCUT2D eigenvalue weighted by Crippen LogP contribution is 2.32. The number of benzene rings is 3. The monoisotopic (exact) mass is 434 g/mol. The van der Waals surface area contributed by atoms with E-state index in [2.05, 4.69) is 70.6 Å². The maximum Gasteiger partial charge on any atom is 0.255 e. The summed E-state index contributed by atoms with van der Waals surface area (Å²) in [4.78, 5) is 17.3. The van der Waals surface area contributed by atoms with Crippen LogP contribution in [0, 0.1) is 0 Å². The first-order chi connectivity index (χ1) is 16.2. The summed E-state index contributed by atoms with van der Waals surface area (Å²) < 4.78 is 0. The number of aromatic hydroxyl groups is 1. The summed E-state index contributed by atoms with van der Waals surface area (Å²) in [5.41, 5.74) is 5.45. The molecule has 0 saturated heterocycles. The van der Waals surface area contributed by atoms with E-state index in [1.54, 1.807) is 24.4 Å². The third-order valence-corrected chi connectivity index (χ3v) is 6.24. The van der Waals surface area contributed by atoms with Crippen LogP contribution in [0.4, 0.5) is 0 Å². The Morgan fingerprint density at radius 1 is 0.939 bits per heavy atom. The Morgan fingerprint density at radius 3 is 2.52 bits per heavy atom. The lowest BCUT2D eigenvalue weighted by atomic mass is 9.99. The van der Waals surface area contributed by atoms with Gasteiger partial charge in [0.05, 0.1) is 5.39 Å². The van der Waals surface area contributed by atoms with Gasteiger partial charge in [-0.15, -0.1) is 0 Å². The van der Waals surface area contributed by atoms with Crippen molar-refractivity contribution in [1.29, 1.82) is 0 Å². The van der Waals surface area contributed by atoms with Crippen LogP contribution in [0.15, 0.2) is 95.9 Å². The lowest BCUT2D eigenvalue weighted by Crippen LogP contribution is -2.28. The summed E-state index contributed by atoms with van der Waals surface area (Å²) in [6.07, 6.45) is 9.43. The number of rotatable bonds is 5.